The van der Waals surface area contributed by atoms with Crippen LogP contribution in [-0.2, 0) is 5.60 Å². The Hall–Kier alpha value is -1.56. The Labute approximate surface area is 144 Å². The molecule has 1 aliphatic carbocycles. The van der Waals surface area contributed by atoms with E-state index < -0.39 is 5.60 Å². The monoisotopic (exact) mass is 351 g/mol. The highest BCUT2D eigenvalue weighted by molar-refractivity contribution is 7.10. The van der Waals surface area contributed by atoms with Gasteiger partial charge in [0.25, 0.3) is 5.91 Å². The normalized spacial score (nSPS) is 16.7. The SMILES string of the molecule is COc1ccc(Cl)cc1C(=O)NC[C@](O)(c1cccs1)C1CC1. The Kier molecular flexibility index (Phi) is 4.62. The molecule has 1 fully saturated rings. The number of carbonyl (C=O) groups excluding carboxylic acids is 1. The van der Waals surface area contributed by atoms with Gasteiger partial charge in [0.15, 0.2) is 0 Å². The molecule has 1 aliphatic rings. The molecule has 1 aromatic carbocycles. The molecule has 1 aromatic heterocycles. The first-order chi connectivity index (χ1) is 11.0. The third-order valence-corrected chi connectivity index (χ3v) is 5.40. The van der Waals surface area contributed by atoms with Gasteiger partial charge in [0.05, 0.1) is 19.2 Å². The van der Waals surface area contributed by atoms with E-state index in [-0.39, 0.29) is 18.4 Å². The summed E-state index contributed by atoms with van der Waals surface area (Å²) in [6.07, 6.45) is 1.95. The predicted molar refractivity (Wildman–Crippen MR) is 91.3 cm³/mol. The van der Waals surface area contributed by atoms with E-state index in [0.717, 1.165) is 17.7 Å². The molecule has 6 heteroatoms. The van der Waals surface area contributed by atoms with Crippen molar-refractivity contribution in [2.45, 2.75) is 18.4 Å². The summed E-state index contributed by atoms with van der Waals surface area (Å²) < 4.78 is 5.21. The van der Waals surface area contributed by atoms with E-state index in [9.17, 15) is 9.90 Å². The van der Waals surface area contributed by atoms with Gasteiger partial charge < -0.3 is 15.2 Å². The second kappa shape index (κ2) is 6.51. The van der Waals surface area contributed by atoms with Crippen molar-refractivity contribution in [2.75, 3.05) is 13.7 Å². The van der Waals surface area contributed by atoms with Crippen LogP contribution in [0.3, 0.4) is 0 Å². The van der Waals surface area contributed by atoms with Gasteiger partial charge in [0, 0.05) is 9.90 Å². The van der Waals surface area contributed by atoms with Gasteiger partial charge in [-0.05, 0) is 48.4 Å². The fourth-order valence-corrected chi connectivity index (χ4v) is 3.76. The first-order valence-electron chi connectivity index (χ1n) is 7.42. The molecule has 0 radical (unpaired) electrons. The summed E-state index contributed by atoms with van der Waals surface area (Å²) in [4.78, 5) is 13.4. The van der Waals surface area contributed by atoms with Gasteiger partial charge in [-0.15, -0.1) is 11.3 Å². The third kappa shape index (κ3) is 3.37. The second-order valence-corrected chi connectivity index (χ2v) is 7.09. The molecular formula is C17H18ClNO3S. The van der Waals surface area contributed by atoms with Crippen LogP contribution in [0.4, 0.5) is 0 Å². The highest BCUT2D eigenvalue weighted by Gasteiger charge is 2.46. The molecule has 0 aliphatic heterocycles. The van der Waals surface area contributed by atoms with Crippen LogP contribution >= 0.6 is 22.9 Å². The molecular weight excluding hydrogens is 334 g/mol. The number of thiophene rings is 1. The Bertz CT molecular complexity index is 700. The molecule has 0 saturated heterocycles. The maximum Gasteiger partial charge on any atom is 0.255 e. The van der Waals surface area contributed by atoms with Crippen molar-refractivity contribution in [1.29, 1.82) is 0 Å². The van der Waals surface area contributed by atoms with E-state index in [1.54, 1.807) is 18.2 Å². The smallest absolute Gasteiger partial charge is 0.255 e. The molecule has 0 bridgehead atoms. The number of carbonyl (C=O) groups is 1. The molecule has 0 unspecified atom stereocenters. The highest BCUT2D eigenvalue weighted by atomic mass is 35.5. The van der Waals surface area contributed by atoms with Gasteiger partial charge in [-0.2, -0.15) is 0 Å². The number of methoxy groups -OCH3 is 1. The number of rotatable bonds is 6. The van der Waals surface area contributed by atoms with Gasteiger partial charge >= 0.3 is 0 Å². The van der Waals surface area contributed by atoms with E-state index in [4.69, 9.17) is 16.3 Å². The number of ether oxygens (including phenoxy) is 1. The average Bonchev–Trinajstić information content (AvgIpc) is 3.27. The number of halogens is 1. The fourth-order valence-electron chi connectivity index (χ4n) is 2.69. The molecule has 3 rings (SSSR count). The maximum atomic E-state index is 12.5. The molecule has 1 amide bonds. The Morgan fingerprint density at radius 2 is 2.26 bits per heavy atom. The lowest BCUT2D eigenvalue weighted by Crippen LogP contribution is -2.42. The van der Waals surface area contributed by atoms with Crippen LogP contribution in [0.5, 0.6) is 5.75 Å². The fraction of sp³-hybridized carbons (Fsp3) is 0.353. The average molecular weight is 352 g/mol. The van der Waals surface area contributed by atoms with Crippen molar-refractivity contribution in [3.05, 3.63) is 51.2 Å². The maximum absolute atomic E-state index is 12.5. The molecule has 2 N–H and O–H groups in total. The Balaban J connectivity index is 1.77. The van der Waals surface area contributed by atoms with Crippen LogP contribution in [-0.4, -0.2) is 24.7 Å². The number of hydrogen-bond acceptors (Lipinski definition) is 4. The van der Waals surface area contributed by atoms with E-state index >= 15 is 0 Å². The van der Waals surface area contributed by atoms with E-state index in [1.807, 2.05) is 17.5 Å². The molecule has 4 nitrogen and oxygen atoms in total. The van der Waals surface area contributed by atoms with E-state index in [2.05, 4.69) is 5.32 Å². The largest absolute Gasteiger partial charge is 0.496 e. The van der Waals surface area contributed by atoms with Gasteiger partial charge in [-0.3, -0.25) is 4.79 Å². The number of amides is 1. The zero-order valence-corrected chi connectivity index (χ0v) is 14.3. The minimum atomic E-state index is -1.00. The summed E-state index contributed by atoms with van der Waals surface area (Å²) in [7, 11) is 1.51. The van der Waals surface area contributed by atoms with Gasteiger partial charge in [0.2, 0.25) is 0 Å². The first kappa shape index (κ1) is 16.3. The molecule has 0 spiro atoms. The molecule has 122 valence electrons. The summed E-state index contributed by atoms with van der Waals surface area (Å²) in [5.74, 6) is 0.348. The molecule has 2 aromatic rings. The lowest BCUT2D eigenvalue weighted by atomic mass is 9.95. The number of benzene rings is 1. The van der Waals surface area contributed by atoms with E-state index in [1.165, 1.54) is 18.4 Å². The quantitative estimate of drug-likeness (QED) is 0.838. The highest BCUT2D eigenvalue weighted by Crippen LogP contribution is 2.46. The summed E-state index contributed by atoms with van der Waals surface area (Å²) in [6, 6.07) is 8.72. The molecule has 1 saturated carbocycles. The first-order valence-corrected chi connectivity index (χ1v) is 8.68. The molecule has 1 atom stereocenters. The Morgan fingerprint density at radius 3 is 2.87 bits per heavy atom. The summed E-state index contributed by atoms with van der Waals surface area (Å²) >= 11 is 7.48. The van der Waals surface area contributed by atoms with Gasteiger partial charge in [-0.25, -0.2) is 0 Å². The van der Waals surface area contributed by atoms with Crippen LogP contribution in [0.2, 0.25) is 5.02 Å². The predicted octanol–water partition coefficient (Wildman–Crippen LogP) is 3.44. The van der Waals surface area contributed by atoms with Crippen LogP contribution in [0, 0.1) is 5.92 Å². The molecule has 1 heterocycles. The van der Waals surface area contributed by atoms with Crippen LogP contribution < -0.4 is 10.1 Å². The van der Waals surface area contributed by atoms with Gasteiger partial charge in [0.1, 0.15) is 11.4 Å². The zero-order chi connectivity index (χ0) is 16.4. The minimum Gasteiger partial charge on any atom is -0.496 e. The zero-order valence-electron chi connectivity index (χ0n) is 12.7. The Morgan fingerprint density at radius 1 is 1.48 bits per heavy atom. The number of hydrogen-bond donors (Lipinski definition) is 2. The minimum absolute atomic E-state index is 0.173. The van der Waals surface area contributed by atoms with Crippen molar-refractivity contribution in [2.24, 2.45) is 5.92 Å². The van der Waals surface area contributed by atoms with Crippen LogP contribution in [0.25, 0.3) is 0 Å². The van der Waals surface area contributed by atoms with Gasteiger partial charge in [-0.1, -0.05) is 17.7 Å². The van der Waals surface area contributed by atoms with Crippen LogP contribution in [0.15, 0.2) is 35.7 Å². The number of aliphatic hydroxyl groups is 1. The van der Waals surface area contributed by atoms with Crippen molar-refractivity contribution in [3.8, 4) is 5.75 Å². The number of nitrogens with one attached hydrogen (secondary N) is 1. The van der Waals surface area contributed by atoms with Crippen molar-refractivity contribution in [1.82, 2.24) is 5.32 Å². The third-order valence-electron chi connectivity index (χ3n) is 4.13. The summed E-state index contributed by atoms with van der Waals surface area (Å²) in [6.45, 7) is 0.173. The summed E-state index contributed by atoms with van der Waals surface area (Å²) in [5, 5.41) is 16.3. The van der Waals surface area contributed by atoms with Crippen molar-refractivity contribution >= 4 is 28.8 Å². The second-order valence-electron chi connectivity index (χ2n) is 5.70. The standard InChI is InChI=1S/C17H18ClNO3S/c1-22-14-7-6-12(18)9-13(14)16(20)19-10-17(21,11-4-5-11)15-3-2-8-23-15/h2-3,6-9,11,21H,4-5,10H2,1H3,(H,19,20)/t17-/m1/s1. The summed E-state index contributed by atoms with van der Waals surface area (Å²) in [5.41, 5.74) is -0.639. The lowest BCUT2D eigenvalue weighted by Gasteiger charge is -2.27. The van der Waals surface area contributed by atoms with E-state index in [0.29, 0.717) is 16.3 Å². The topological polar surface area (TPSA) is 58.6 Å². The van der Waals surface area contributed by atoms with Crippen molar-refractivity contribution in [3.63, 3.8) is 0 Å². The van der Waals surface area contributed by atoms with Crippen molar-refractivity contribution < 1.29 is 14.6 Å². The molecule has 23 heavy (non-hydrogen) atoms. The van der Waals surface area contributed by atoms with Crippen LogP contribution in [0.1, 0.15) is 28.1 Å². The lowest BCUT2D eigenvalue weighted by molar-refractivity contribution is 0.0169.